The van der Waals surface area contributed by atoms with Crippen LogP contribution < -0.4 is 5.32 Å². The number of carbonyl (C=O) groups is 1. The SMILES string of the molecule is CCCCCCNC(=O)CSc1nnc(-c2ccc(Cl)cc2)n1-c1ccccc1. The number of hydrogen-bond acceptors (Lipinski definition) is 4. The fourth-order valence-electron chi connectivity index (χ4n) is 2.92. The van der Waals surface area contributed by atoms with Crippen molar-refractivity contribution in [3.63, 3.8) is 0 Å². The number of benzene rings is 2. The lowest BCUT2D eigenvalue weighted by Crippen LogP contribution is -2.26. The van der Waals surface area contributed by atoms with E-state index in [1.165, 1.54) is 24.6 Å². The van der Waals surface area contributed by atoms with Gasteiger partial charge in [0.05, 0.1) is 5.75 Å². The number of thioether (sulfide) groups is 1. The van der Waals surface area contributed by atoms with Crippen molar-refractivity contribution < 1.29 is 4.79 Å². The number of unbranched alkanes of at least 4 members (excludes halogenated alkanes) is 3. The summed E-state index contributed by atoms with van der Waals surface area (Å²) in [5, 5.41) is 13.1. The summed E-state index contributed by atoms with van der Waals surface area (Å²) in [6.45, 7) is 2.90. The largest absolute Gasteiger partial charge is 0.355 e. The zero-order valence-electron chi connectivity index (χ0n) is 16.5. The van der Waals surface area contributed by atoms with Gasteiger partial charge in [0.1, 0.15) is 0 Å². The third-order valence-electron chi connectivity index (χ3n) is 4.44. The van der Waals surface area contributed by atoms with E-state index in [9.17, 15) is 4.79 Å². The Kier molecular flexibility index (Phi) is 8.14. The van der Waals surface area contributed by atoms with E-state index in [4.69, 9.17) is 11.6 Å². The second kappa shape index (κ2) is 11.0. The summed E-state index contributed by atoms with van der Waals surface area (Å²) < 4.78 is 1.97. The molecule has 1 aromatic heterocycles. The number of nitrogens with one attached hydrogen (secondary N) is 1. The molecule has 0 atom stereocenters. The Morgan fingerprint density at radius 1 is 1.03 bits per heavy atom. The molecule has 29 heavy (non-hydrogen) atoms. The van der Waals surface area contributed by atoms with Crippen molar-refractivity contribution in [1.82, 2.24) is 20.1 Å². The van der Waals surface area contributed by atoms with Gasteiger partial charge in [0.25, 0.3) is 0 Å². The molecule has 1 heterocycles. The van der Waals surface area contributed by atoms with E-state index < -0.39 is 0 Å². The quantitative estimate of drug-likeness (QED) is 0.348. The molecule has 0 saturated heterocycles. The topological polar surface area (TPSA) is 59.8 Å². The number of hydrogen-bond donors (Lipinski definition) is 1. The Morgan fingerprint density at radius 2 is 1.79 bits per heavy atom. The summed E-state index contributed by atoms with van der Waals surface area (Å²) in [4.78, 5) is 12.2. The van der Waals surface area contributed by atoms with E-state index in [0.29, 0.717) is 15.9 Å². The van der Waals surface area contributed by atoms with Crippen LogP contribution in [0.15, 0.2) is 59.8 Å². The molecule has 0 radical (unpaired) electrons. The van der Waals surface area contributed by atoms with Crippen LogP contribution in [0.25, 0.3) is 17.1 Å². The van der Waals surface area contributed by atoms with Crippen LogP contribution in [-0.2, 0) is 4.79 Å². The third kappa shape index (κ3) is 6.08. The summed E-state index contributed by atoms with van der Waals surface area (Å²) in [7, 11) is 0. The third-order valence-corrected chi connectivity index (χ3v) is 5.62. The van der Waals surface area contributed by atoms with Crippen LogP contribution in [0.1, 0.15) is 32.6 Å². The molecule has 0 aliphatic heterocycles. The summed E-state index contributed by atoms with van der Waals surface area (Å²) in [6, 6.07) is 17.4. The van der Waals surface area contributed by atoms with Crippen molar-refractivity contribution in [2.24, 2.45) is 0 Å². The number of para-hydroxylation sites is 1. The Labute approximate surface area is 180 Å². The number of amides is 1. The number of carbonyl (C=O) groups excluding carboxylic acids is 1. The van der Waals surface area contributed by atoms with Crippen molar-refractivity contribution in [1.29, 1.82) is 0 Å². The molecular formula is C22H25ClN4OS. The predicted octanol–water partition coefficient (Wildman–Crippen LogP) is 5.38. The van der Waals surface area contributed by atoms with E-state index in [0.717, 1.165) is 36.5 Å². The zero-order chi connectivity index (χ0) is 20.5. The Morgan fingerprint density at radius 3 is 2.52 bits per heavy atom. The molecule has 3 rings (SSSR count). The molecule has 152 valence electrons. The van der Waals surface area contributed by atoms with Crippen LogP contribution in [0.2, 0.25) is 5.02 Å². The van der Waals surface area contributed by atoms with Crippen molar-refractivity contribution in [3.8, 4) is 17.1 Å². The Bertz CT molecular complexity index is 912. The maximum Gasteiger partial charge on any atom is 0.230 e. The van der Waals surface area contributed by atoms with Crippen molar-refractivity contribution >= 4 is 29.3 Å². The minimum Gasteiger partial charge on any atom is -0.355 e. The highest BCUT2D eigenvalue weighted by Crippen LogP contribution is 2.28. The van der Waals surface area contributed by atoms with Crippen molar-refractivity contribution in [2.45, 2.75) is 37.8 Å². The molecule has 0 saturated carbocycles. The molecule has 0 aliphatic carbocycles. The van der Waals surface area contributed by atoms with Gasteiger partial charge in [-0.3, -0.25) is 9.36 Å². The lowest BCUT2D eigenvalue weighted by Gasteiger charge is -2.10. The van der Waals surface area contributed by atoms with Gasteiger partial charge in [0.15, 0.2) is 11.0 Å². The molecule has 1 amide bonds. The summed E-state index contributed by atoms with van der Waals surface area (Å²) in [5.41, 5.74) is 1.86. The number of rotatable bonds is 10. The summed E-state index contributed by atoms with van der Waals surface area (Å²) >= 11 is 7.41. The normalized spacial score (nSPS) is 10.8. The fraction of sp³-hybridized carbons (Fsp3) is 0.318. The Balaban J connectivity index is 1.73. The first-order chi connectivity index (χ1) is 14.2. The molecule has 0 spiro atoms. The highest BCUT2D eigenvalue weighted by molar-refractivity contribution is 7.99. The van der Waals surface area contributed by atoms with Crippen LogP contribution in [0.5, 0.6) is 0 Å². The molecule has 0 bridgehead atoms. The van der Waals surface area contributed by atoms with Crippen LogP contribution in [0.4, 0.5) is 0 Å². The van der Waals surface area contributed by atoms with Gasteiger partial charge in [0.2, 0.25) is 5.91 Å². The summed E-state index contributed by atoms with van der Waals surface area (Å²) in [5.74, 6) is 1.04. The highest BCUT2D eigenvalue weighted by atomic mass is 35.5. The van der Waals surface area contributed by atoms with Crippen molar-refractivity contribution in [3.05, 3.63) is 59.6 Å². The van der Waals surface area contributed by atoms with E-state index in [-0.39, 0.29) is 5.91 Å². The molecule has 1 N–H and O–H groups in total. The first-order valence-electron chi connectivity index (χ1n) is 9.85. The van der Waals surface area contributed by atoms with Gasteiger partial charge in [-0.05, 0) is 42.8 Å². The average Bonchev–Trinajstić information content (AvgIpc) is 3.17. The van der Waals surface area contributed by atoms with E-state index in [1.807, 2.05) is 59.2 Å². The first-order valence-corrected chi connectivity index (χ1v) is 11.2. The van der Waals surface area contributed by atoms with Gasteiger partial charge in [-0.1, -0.05) is 67.7 Å². The lowest BCUT2D eigenvalue weighted by atomic mass is 10.2. The predicted molar refractivity (Wildman–Crippen MR) is 120 cm³/mol. The average molecular weight is 429 g/mol. The standard InChI is InChI=1S/C22H25ClN4OS/c1-2-3-4-8-15-24-20(28)16-29-22-26-25-21(17-11-13-18(23)14-12-17)27(22)19-9-6-5-7-10-19/h5-7,9-14H,2-4,8,15-16H2,1H3,(H,24,28). The van der Waals surface area contributed by atoms with E-state index in [2.05, 4.69) is 22.4 Å². The van der Waals surface area contributed by atoms with E-state index >= 15 is 0 Å². The van der Waals surface area contributed by atoms with Gasteiger partial charge in [-0.15, -0.1) is 10.2 Å². The fourth-order valence-corrected chi connectivity index (χ4v) is 3.83. The van der Waals surface area contributed by atoms with Gasteiger partial charge < -0.3 is 5.32 Å². The smallest absolute Gasteiger partial charge is 0.230 e. The molecule has 0 aliphatic rings. The van der Waals surface area contributed by atoms with Crippen LogP contribution in [-0.4, -0.2) is 33.0 Å². The zero-order valence-corrected chi connectivity index (χ0v) is 18.0. The second-order valence-electron chi connectivity index (χ2n) is 6.68. The van der Waals surface area contributed by atoms with E-state index in [1.54, 1.807) is 0 Å². The number of nitrogens with zero attached hydrogens (tertiary/aromatic N) is 3. The van der Waals surface area contributed by atoms with Gasteiger partial charge in [-0.2, -0.15) is 0 Å². The van der Waals surface area contributed by atoms with Gasteiger partial charge >= 0.3 is 0 Å². The maximum atomic E-state index is 12.2. The second-order valence-corrected chi connectivity index (χ2v) is 8.06. The lowest BCUT2D eigenvalue weighted by molar-refractivity contribution is -0.118. The van der Waals surface area contributed by atoms with Crippen molar-refractivity contribution in [2.75, 3.05) is 12.3 Å². The molecule has 5 nitrogen and oxygen atoms in total. The molecule has 7 heteroatoms. The Hall–Kier alpha value is -2.31. The van der Waals surface area contributed by atoms with Crippen LogP contribution in [0, 0.1) is 0 Å². The monoisotopic (exact) mass is 428 g/mol. The first kappa shape index (κ1) is 21.4. The van der Waals surface area contributed by atoms with Crippen LogP contribution >= 0.6 is 23.4 Å². The molecule has 0 unspecified atom stereocenters. The molecule has 3 aromatic rings. The van der Waals surface area contributed by atoms with Gasteiger partial charge in [0, 0.05) is 22.8 Å². The minimum atomic E-state index is 0.0159. The van der Waals surface area contributed by atoms with Gasteiger partial charge in [-0.25, -0.2) is 0 Å². The number of aromatic nitrogens is 3. The minimum absolute atomic E-state index is 0.0159. The molecule has 0 fully saturated rings. The maximum absolute atomic E-state index is 12.2. The van der Waals surface area contributed by atoms with Crippen LogP contribution in [0.3, 0.4) is 0 Å². The molecule has 2 aromatic carbocycles. The number of halogens is 1. The molecular weight excluding hydrogens is 404 g/mol. The highest BCUT2D eigenvalue weighted by Gasteiger charge is 2.17. The summed E-state index contributed by atoms with van der Waals surface area (Å²) in [6.07, 6.45) is 4.56.